The largest absolute Gasteiger partial charge is 0.496 e. The quantitative estimate of drug-likeness (QED) is 0.773. The molecular weight excluding hydrogens is 322 g/mol. The zero-order chi connectivity index (χ0) is 18.0. The molecule has 1 aromatic carbocycles. The molecule has 130 valence electrons. The summed E-state index contributed by atoms with van der Waals surface area (Å²) in [5.74, 6) is 0.197. The molecule has 25 heavy (non-hydrogen) atoms. The first kappa shape index (κ1) is 16.8. The fourth-order valence-electron chi connectivity index (χ4n) is 2.96. The van der Waals surface area contributed by atoms with Crippen LogP contribution in [0.2, 0.25) is 0 Å². The molecule has 0 spiro atoms. The molecule has 2 unspecified atom stereocenters. The fraction of sp³-hybridized carbons (Fsp3) is 0.278. The summed E-state index contributed by atoms with van der Waals surface area (Å²) in [6, 6.07) is 4.94. The summed E-state index contributed by atoms with van der Waals surface area (Å²) in [6.45, 7) is 4.03. The second-order valence-electron chi connectivity index (χ2n) is 5.84. The highest BCUT2D eigenvalue weighted by atomic mass is 16.5. The maximum Gasteiger partial charge on any atom is 0.252 e. The van der Waals surface area contributed by atoms with Gasteiger partial charge in [-0.3, -0.25) is 9.59 Å². The summed E-state index contributed by atoms with van der Waals surface area (Å²) in [6.07, 6.45) is 3.76. The van der Waals surface area contributed by atoms with Crippen LogP contribution in [-0.2, 0) is 4.79 Å². The zero-order valence-electron chi connectivity index (χ0n) is 13.8. The Bertz CT molecular complexity index is 850. The van der Waals surface area contributed by atoms with Crippen molar-refractivity contribution in [1.29, 1.82) is 0 Å². The summed E-state index contributed by atoms with van der Waals surface area (Å²) < 4.78 is 11.1. The molecule has 0 bridgehead atoms. The number of nitrogens with one attached hydrogen (secondary N) is 1. The van der Waals surface area contributed by atoms with Crippen LogP contribution >= 0.6 is 0 Å². The van der Waals surface area contributed by atoms with Crippen molar-refractivity contribution in [2.45, 2.75) is 12.5 Å². The van der Waals surface area contributed by atoms with Gasteiger partial charge in [0.1, 0.15) is 12.4 Å². The van der Waals surface area contributed by atoms with Gasteiger partial charge in [0.2, 0.25) is 11.8 Å². The van der Waals surface area contributed by atoms with Crippen molar-refractivity contribution in [2.75, 3.05) is 13.7 Å². The Labute approximate surface area is 144 Å². The monoisotopic (exact) mass is 341 g/mol. The number of aromatic nitrogens is 1. The molecule has 0 radical (unpaired) electrons. The number of benzene rings is 1. The third-order valence-corrected chi connectivity index (χ3v) is 4.30. The molecule has 1 aromatic heterocycles. The third kappa shape index (κ3) is 3.26. The van der Waals surface area contributed by atoms with Crippen LogP contribution in [0.4, 0.5) is 0 Å². The molecule has 2 amide bonds. The molecule has 1 aliphatic heterocycles. The Morgan fingerprint density at radius 2 is 2.32 bits per heavy atom. The van der Waals surface area contributed by atoms with Gasteiger partial charge in [0.05, 0.1) is 18.7 Å². The Kier molecular flexibility index (Phi) is 4.56. The van der Waals surface area contributed by atoms with E-state index in [0.29, 0.717) is 29.0 Å². The van der Waals surface area contributed by atoms with Crippen LogP contribution in [0.15, 0.2) is 37.1 Å². The van der Waals surface area contributed by atoms with Crippen LogP contribution in [0.3, 0.4) is 0 Å². The maximum absolute atomic E-state index is 11.6. The van der Waals surface area contributed by atoms with E-state index >= 15 is 0 Å². The number of nitrogens with two attached hydrogens (primary N) is 1. The van der Waals surface area contributed by atoms with Gasteiger partial charge in [-0.05, 0) is 23.6 Å². The van der Waals surface area contributed by atoms with Gasteiger partial charge in [-0.15, -0.1) is 6.58 Å². The molecule has 2 aromatic rings. The summed E-state index contributed by atoms with van der Waals surface area (Å²) in [5, 5.41) is 4.33. The standard InChI is InChI=1S/C18H19N3O4/c1-3-10-7-16(22)21-14(10)9-25-18-12-8-15(24-2)13(17(19)23)6-11(12)4-5-20-18/h3-6,8,10,14H,1,7,9H2,2H3,(H2,19,23)(H,21,22). The van der Waals surface area contributed by atoms with Gasteiger partial charge in [-0.1, -0.05) is 6.08 Å². The average Bonchev–Trinajstić information content (AvgIpc) is 2.98. The molecule has 2 heterocycles. The lowest BCUT2D eigenvalue weighted by Gasteiger charge is -2.17. The van der Waals surface area contributed by atoms with E-state index < -0.39 is 5.91 Å². The van der Waals surface area contributed by atoms with Gasteiger partial charge in [-0.25, -0.2) is 4.98 Å². The van der Waals surface area contributed by atoms with Crippen molar-refractivity contribution in [2.24, 2.45) is 11.7 Å². The van der Waals surface area contributed by atoms with E-state index in [2.05, 4.69) is 16.9 Å². The lowest BCUT2D eigenvalue weighted by molar-refractivity contribution is -0.119. The lowest BCUT2D eigenvalue weighted by atomic mass is 10.0. The van der Waals surface area contributed by atoms with E-state index in [1.165, 1.54) is 7.11 Å². The smallest absolute Gasteiger partial charge is 0.252 e. The lowest BCUT2D eigenvalue weighted by Crippen LogP contribution is -2.34. The van der Waals surface area contributed by atoms with Gasteiger partial charge >= 0.3 is 0 Å². The number of pyridine rings is 1. The number of nitrogens with zero attached hydrogens (tertiary/aromatic N) is 1. The van der Waals surface area contributed by atoms with Gasteiger partial charge < -0.3 is 20.5 Å². The van der Waals surface area contributed by atoms with Gasteiger partial charge in [0.25, 0.3) is 5.91 Å². The minimum absolute atomic E-state index is 0.0165. The van der Waals surface area contributed by atoms with Crippen molar-refractivity contribution in [3.05, 3.63) is 42.6 Å². The molecule has 7 heteroatoms. The van der Waals surface area contributed by atoms with Crippen LogP contribution in [0.1, 0.15) is 16.8 Å². The number of fused-ring (bicyclic) bond motifs is 1. The third-order valence-electron chi connectivity index (χ3n) is 4.30. The minimum Gasteiger partial charge on any atom is -0.496 e. The normalized spacial score (nSPS) is 19.5. The highest BCUT2D eigenvalue weighted by molar-refractivity contribution is 6.01. The summed E-state index contributed by atoms with van der Waals surface area (Å²) in [4.78, 5) is 27.4. The topological polar surface area (TPSA) is 104 Å². The summed E-state index contributed by atoms with van der Waals surface area (Å²) in [7, 11) is 1.47. The van der Waals surface area contributed by atoms with Gasteiger partial charge in [0.15, 0.2) is 0 Å². The molecule has 7 nitrogen and oxygen atoms in total. The highest BCUT2D eigenvalue weighted by Gasteiger charge is 2.30. The van der Waals surface area contributed by atoms with Crippen molar-refractivity contribution in [3.8, 4) is 11.6 Å². The summed E-state index contributed by atoms with van der Waals surface area (Å²) in [5.41, 5.74) is 5.68. The first-order chi connectivity index (χ1) is 12.0. The predicted octanol–water partition coefficient (Wildman–Crippen LogP) is 1.41. The second kappa shape index (κ2) is 6.80. The Morgan fingerprint density at radius 1 is 1.52 bits per heavy atom. The van der Waals surface area contributed by atoms with E-state index in [-0.39, 0.29) is 24.5 Å². The molecule has 2 atom stereocenters. The SMILES string of the molecule is C=CC1CC(=O)NC1COc1nccc2cc(C(N)=O)c(OC)cc12. The van der Waals surface area contributed by atoms with Crippen molar-refractivity contribution in [3.63, 3.8) is 0 Å². The number of carbonyl (C=O) groups is 2. The predicted molar refractivity (Wildman–Crippen MR) is 92.5 cm³/mol. The van der Waals surface area contributed by atoms with Gasteiger partial charge in [-0.2, -0.15) is 0 Å². The zero-order valence-corrected chi connectivity index (χ0v) is 13.8. The van der Waals surface area contributed by atoms with Crippen LogP contribution in [0, 0.1) is 5.92 Å². The Hall–Kier alpha value is -3.09. The molecular formula is C18H19N3O4. The summed E-state index contributed by atoms with van der Waals surface area (Å²) >= 11 is 0. The number of methoxy groups -OCH3 is 1. The van der Waals surface area contributed by atoms with Crippen LogP contribution in [0.5, 0.6) is 11.6 Å². The Morgan fingerprint density at radius 3 is 3.00 bits per heavy atom. The van der Waals surface area contributed by atoms with Crippen molar-refractivity contribution < 1.29 is 19.1 Å². The highest BCUT2D eigenvalue weighted by Crippen LogP contribution is 2.31. The molecule has 0 aliphatic carbocycles. The average molecular weight is 341 g/mol. The second-order valence-corrected chi connectivity index (χ2v) is 5.84. The molecule has 1 saturated heterocycles. The molecule has 1 fully saturated rings. The van der Waals surface area contributed by atoms with E-state index in [0.717, 1.165) is 5.39 Å². The van der Waals surface area contributed by atoms with E-state index in [1.807, 2.05) is 0 Å². The minimum atomic E-state index is -0.569. The number of ether oxygens (including phenoxy) is 2. The first-order valence-corrected chi connectivity index (χ1v) is 7.84. The number of rotatable bonds is 6. The maximum atomic E-state index is 11.6. The number of carbonyl (C=O) groups excluding carboxylic acids is 2. The first-order valence-electron chi connectivity index (χ1n) is 7.84. The van der Waals surface area contributed by atoms with Crippen LogP contribution in [-0.4, -0.2) is 36.6 Å². The molecule has 0 saturated carbocycles. The number of primary amides is 1. The number of hydrogen-bond acceptors (Lipinski definition) is 5. The number of hydrogen-bond donors (Lipinski definition) is 2. The van der Waals surface area contributed by atoms with Crippen molar-refractivity contribution in [1.82, 2.24) is 10.3 Å². The van der Waals surface area contributed by atoms with Gasteiger partial charge in [0, 0.05) is 23.9 Å². The Balaban J connectivity index is 1.90. The van der Waals surface area contributed by atoms with Crippen molar-refractivity contribution >= 4 is 22.6 Å². The van der Waals surface area contributed by atoms with Crippen LogP contribution in [0.25, 0.3) is 10.8 Å². The van der Waals surface area contributed by atoms with E-state index in [9.17, 15) is 9.59 Å². The molecule has 1 aliphatic rings. The number of amides is 2. The van der Waals surface area contributed by atoms with E-state index in [4.69, 9.17) is 15.2 Å². The molecule has 3 rings (SSSR count). The van der Waals surface area contributed by atoms with Crippen LogP contribution < -0.4 is 20.5 Å². The fourth-order valence-corrected chi connectivity index (χ4v) is 2.96. The van der Waals surface area contributed by atoms with E-state index in [1.54, 1.807) is 30.5 Å². The molecule has 3 N–H and O–H groups in total.